The quantitative estimate of drug-likeness (QED) is 0.517. The molecule has 0 unspecified atom stereocenters. The Kier molecular flexibility index (Phi) is 5.56. The zero-order chi connectivity index (χ0) is 16.8. The first-order valence-electron chi connectivity index (χ1n) is 8.05. The van der Waals surface area contributed by atoms with Gasteiger partial charge in [-0.25, -0.2) is 0 Å². The highest BCUT2D eigenvalue weighted by atomic mass is 32.1. The van der Waals surface area contributed by atoms with Crippen LogP contribution in [0.4, 0.5) is 0 Å². The van der Waals surface area contributed by atoms with E-state index in [1.807, 2.05) is 6.07 Å². The van der Waals surface area contributed by atoms with Crippen LogP contribution in [0.15, 0.2) is 54.6 Å². The number of benzene rings is 2. The Morgan fingerprint density at radius 1 is 1.04 bits per heavy atom. The van der Waals surface area contributed by atoms with Crippen LogP contribution >= 0.6 is 12.2 Å². The van der Waals surface area contributed by atoms with E-state index in [0.717, 1.165) is 31.8 Å². The van der Waals surface area contributed by atoms with Gasteiger partial charge in [0.2, 0.25) is 0 Å². The van der Waals surface area contributed by atoms with Crippen molar-refractivity contribution in [1.82, 2.24) is 14.8 Å². The van der Waals surface area contributed by atoms with Gasteiger partial charge in [0.05, 0.1) is 0 Å². The predicted molar refractivity (Wildman–Crippen MR) is 98.6 cm³/mol. The van der Waals surface area contributed by atoms with Crippen LogP contribution in [0.5, 0.6) is 0 Å². The molecular weight excluding hydrogens is 318 g/mol. The minimum absolute atomic E-state index is 0.669. The third kappa shape index (κ3) is 3.99. The van der Waals surface area contributed by atoms with E-state index in [1.165, 1.54) is 16.7 Å². The van der Waals surface area contributed by atoms with E-state index in [2.05, 4.69) is 63.3 Å². The molecule has 0 aliphatic heterocycles. The summed E-state index contributed by atoms with van der Waals surface area (Å²) in [5, 5.41) is 7.27. The lowest BCUT2D eigenvalue weighted by molar-refractivity contribution is 0.190. The molecule has 0 amide bonds. The minimum atomic E-state index is 0.669. The maximum Gasteiger partial charge on any atom is 0.195 e. The summed E-state index contributed by atoms with van der Waals surface area (Å²) in [6.07, 6.45) is 1.68. The third-order valence-corrected chi connectivity index (χ3v) is 4.30. The molecule has 2 aromatic carbocycles. The Labute approximate surface area is 147 Å². The standard InChI is InChI=1S/C19H21N3OS/c1-23-13-5-12-22-18(20-21-19(22)24)14-15-8-10-17(11-9-15)16-6-3-2-4-7-16/h2-4,6-11H,5,12-14H2,1H3,(H,21,24). The molecule has 1 heterocycles. The number of nitrogens with zero attached hydrogens (tertiary/aromatic N) is 2. The first-order chi connectivity index (χ1) is 11.8. The Hall–Kier alpha value is -2.24. The van der Waals surface area contributed by atoms with Gasteiger partial charge in [0.1, 0.15) is 5.82 Å². The van der Waals surface area contributed by atoms with Gasteiger partial charge in [-0.1, -0.05) is 54.6 Å². The maximum absolute atomic E-state index is 5.33. The highest BCUT2D eigenvalue weighted by Gasteiger charge is 2.07. The maximum atomic E-state index is 5.33. The van der Waals surface area contributed by atoms with Gasteiger partial charge in [-0.05, 0) is 35.3 Å². The fourth-order valence-electron chi connectivity index (χ4n) is 2.71. The molecule has 124 valence electrons. The van der Waals surface area contributed by atoms with E-state index < -0.39 is 0 Å². The second kappa shape index (κ2) is 8.04. The van der Waals surface area contributed by atoms with Crippen LogP contribution in [-0.2, 0) is 17.7 Å². The first kappa shape index (κ1) is 16.6. The molecule has 0 radical (unpaired) electrons. The van der Waals surface area contributed by atoms with Gasteiger partial charge in [-0.2, -0.15) is 5.10 Å². The van der Waals surface area contributed by atoms with Crippen molar-refractivity contribution in [2.75, 3.05) is 13.7 Å². The third-order valence-electron chi connectivity index (χ3n) is 3.99. The molecule has 0 bridgehead atoms. The minimum Gasteiger partial charge on any atom is -0.385 e. The highest BCUT2D eigenvalue weighted by Crippen LogP contribution is 2.20. The van der Waals surface area contributed by atoms with Crippen molar-refractivity contribution in [3.05, 3.63) is 70.8 Å². The number of ether oxygens (including phenoxy) is 1. The van der Waals surface area contributed by atoms with Crippen LogP contribution in [0.1, 0.15) is 17.8 Å². The van der Waals surface area contributed by atoms with Crippen molar-refractivity contribution in [3.8, 4) is 11.1 Å². The lowest BCUT2D eigenvalue weighted by Crippen LogP contribution is -2.07. The number of hydrogen-bond donors (Lipinski definition) is 1. The zero-order valence-electron chi connectivity index (χ0n) is 13.7. The summed E-state index contributed by atoms with van der Waals surface area (Å²) in [5.74, 6) is 0.962. The van der Waals surface area contributed by atoms with Crippen LogP contribution in [0.2, 0.25) is 0 Å². The highest BCUT2D eigenvalue weighted by molar-refractivity contribution is 7.71. The number of aromatic nitrogens is 3. The molecule has 5 heteroatoms. The number of hydrogen-bond acceptors (Lipinski definition) is 3. The van der Waals surface area contributed by atoms with Crippen molar-refractivity contribution in [2.45, 2.75) is 19.4 Å². The Balaban J connectivity index is 1.74. The monoisotopic (exact) mass is 339 g/mol. The molecule has 0 aliphatic rings. The second-order valence-corrected chi connectivity index (χ2v) is 6.07. The summed E-state index contributed by atoms with van der Waals surface area (Å²) in [4.78, 5) is 0. The number of rotatable bonds is 7. The van der Waals surface area contributed by atoms with Crippen LogP contribution < -0.4 is 0 Å². The van der Waals surface area contributed by atoms with Crippen molar-refractivity contribution in [3.63, 3.8) is 0 Å². The topological polar surface area (TPSA) is 42.8 Å². The molecule has 1 N–H and O–H groups in total. The van der Waals surface area contributed by atoms with E-state index in [4.69, 9.17) is 17.0 Å². The van der Waals surface area contributed by atoms with E-state index in [-0.39, 0.29) is 0 Å². The van der Waals surface area contributed by atoms with Crippen LogP contribution in [-0.4, -0.2) is 28.5 Å². The zero-order valence-corrected chi connectivity index (χ0v) is 14.6. The fourth-order valence-corrected chi connectivity index (χ4v) is 2.95. The van der Waals surface area contributed by atoms with E-state index in [0.29, 0.717) is 4.77 Å². The summed E-state index contributed by atoms with van der Waals surface area (Å²) in [5.41, 5.74) is 3.67. The normalized spacial score (nSPS) is 10.9. The molecule has 3 rings (SSSR count). The number of methoxy groups -OCH3 is 1. The van der Waals surface area contributed by atoms with E-state index in [9.17, 15) is 0 Å². The Morgan fingerprint density at radius 3 is 2.46 bits per heavy atom. The van der Waals surface area contributed by atoms with Gasteiger partial charge >= 0.3 is 0 Å². The molecular formula is C19H21N3OS. The summed E-state index contributed by atoms with van der Waals surface area (Å²) >= 11 is 5.33. The van der Waals surface area contributed by atoms with Crippen LogP contribution in [0.3, 0.4) is 0 Å². The summed E-state index contributed by atoms with van der Waals surface area (Å²) in [6, 6.07) is 19.0. The number of aromatic amines is 1. The van der Waals surface area contributed by atoms with Crippen molar-refractivity contribution in [2.24, 2.45) is 0 Å². The second-order valence-electron chi connectivity index (χ2n) is 5.68. The molecule has 0 aliphatic carbocycles. The summed E-state index contributed by atoms with van der Waals surface area (Å²) in [7, 11) is 1.71. The average Bonchev–Trinajstić information content (AvgIpc) is 2.97. The number of H-pyrrole nitrogens is 1. The van der Waals surface area contributed by atoms with Crippen LogP contribution in [0, 0.1) is 4.77 Å². The molecule has 0 spiro atoms. The van der Waals surface area contributed by atoms with Crippen molar-refractivity contribution >= 4 is 12.2 Å². The van der Waals surface area contributed by atoms with Crippen molar-refractivity contribution in [1.29, 1.82) is 0 Å². The first-order valence-corrected chi connectivity index (χ1v) is 8.46. The van der Waals surface area contributed by atoms with Gasteiger partial charge in [0.25, 0.3) is 0 Å². The molecule has 4 nitrogen and oxygen atoms in total. The van der Waals surface area contributed by atoms with E-state index in [1.54, 1.807) is 7.11 Å². The molecule has 3 aromatic rings. The Bertz CT molecular complexity index is 822. The summed E-state index contributed by atoms with van der Waals surface area (Å²) < 4.78 is 7.84. The summed E-state index contributed by atoms with van der Waals surface area (Å²) in [6.45, 7) is 1.54. The van der Waals surface area contributed by atoms with Gasteiger partial charge in [-0.3, -0.25) is 5.10 Å². The van der Waals surface area contributed by atoms with Gasteiger partial charge in [0.15, 0.2) is 4.77 Å². The van der Waals surface area contributed by atoms with E-state index >= 15 is 0 Å². The lowest BCUT2D eigenvalue weighted by atomic mass is 10.0. The predicted octanol–water partition coefficient (Wildman–Crippen LogP) is 4.23. The van der Waals surface area contributed by atoms with Gasteiger partial charge in [-0.15, -0.1) is 0 Å². The number of nitrogens with one attached hydrogen (secondary N) is 1. The Morgan fingerprint density at radius 2 is 1.75 bits per heavy atom. The van der Waals surface area contributed by atoms with Gasteiger partial charge < -0.3 is 9.30 Å². The van der Waals surface area contributed by atoms with Gasteiger partial charge in [0, 0.05) is 26.7 Å². The molecule has 0 fully saturated rings. The average molecular weight is 339 g/mol. The lowest BCUT2D eigenvalue weighted by Gasteiger charge is -2.07. The fraction of sp³-hybridized carbons (Fsp3) is 0.263. The van der Waals surface area contributed by atoms with Crippen LogP contribution in [0.25, 0.3) is 11.1 Å². The molecule has 0 saturated carbocycles. The molecule has 24 heavy (non-hydrogen) atoms. The SMILES string of the molecule is COCCCn1c(Cc2ccc(-c3ccccc3)cc2)n[nH]c1=S. The molecule has 0 saturated heterocycles. The molecule has 1 aromatic heterocycles. The van der Waals surface area contributed by atoms with Crippen molar-refractivity contribution < 1.29 is 4.74 Å². The molecule has 0 atom stereocenters. The largest absolute Gasteiger partial charge is 0.385 e. The smallest absolute Gasteiger partial charge is 0.195 e.